The first kappa shape index (κ1) is 13.4. The molecule has 0 atom stereocenters. The number of rotatable bonds is 4. The third-order valence-electron chi connectivity index (χ3n) is 1.94. The number of nitrogens with one attached hydrogen (secondary N) is 1. The van der Waals surface area contributed by atoms with Crippen LogP contribution in [-0.4, -0.2) is 28.3 Å². The van der Waals surface area contributed by atoms with Gasteiger partial charge < -0.3 is 15.3 Å². The van der Waals surface area contributed by atoms with E-state index in [1.54, 1.807) is 0 Å². The van der Waals surface area contributed by atoms with Gasteiger partial charge in [-0.2, -0.15) is 0 Å². The molecular weight excluding hydrogens is 182 g/mol. The van der Waals surface area contributed by atoms with E-state index in [1.807, 2.05) is 0 Å². The number of hydrogen-bond acceptors (Lipinski definition) is 4. The van der Waals surface area contributed by atoms with Crippen LogP contribution in [0.25, 0.3) is 0 Å². The van der Waals surface area contributed by atoms with Gasteiger partial charge in [0, 0.05) is 0 Å². The average molecular weight is 203 g/mol. The molecule has 0 aliphatic carbocycles. The van der Waals surface area contributed by atoms with Gasteiger partial charge in [-0.15, -0.1) is 0 Å². The van der Waals surface area contributed by atoms with Crippen molar-refractivity contribution >= 4 is 0 Å². The van der Waals surface area contributed by atoms with Crippen LogP contribution in [-0.2, 0) is 0 Å². The number of likely N-dealkylation sites (N-methyl/N-ethyl adjacent to an activating group) is 1. The van der Waals surface area contributed by atoms with Crippen molar-refractivity contribution in [2.45, 2.75) is 39.5 Å². The minimum atomic E-state index is -2.31. The van der Waals surface area contributed by atoms with Gasteiger partial charge in [0.05, 0.1) is 0 Å². The molecule has 0 heterocycles. The smallest absolute Gasteiger partial charge is 0.283 e. The maximum absolute atomic E-state index is 9.27. The number of aliphatic hydroxyl groups is 3. The van der Waals surface area contributed by atoms with Gasteiger partial charge >= 0.3 is 0 Å². The van der Waals surface area contributed by atoms with Crippen LogP contribution in [0.1, 0.15) is 33.6 Å². The minimum Gasteiger partial charge on any atom is -0.506 e. The summed E-state index contributed by atoms with van der Waals surface area (Å²) in [5, 5.41) is 29.7. The first-order valence-electron chi connectivity index (χ1n) is 4.72. The van der Waals surface area contributed by atoms with Crippen molar-refractivity contribution in [3.8, 4) is 0 Å². The van der Waals surface area contributed by atoms with E-state index in [1.165, 1.54) is 13.1 Å². The number of aliphatic hydroxyl groups excluding tert-OH is 1. The fraction of sp³-hybridized carbons (Fsp3) is 0.800. The minimum absolute atomic E-state index is 0.171. The molecule has 0 bridgehead atoms. The lowest BCUT2D eigenvalue weighted by atomic mass is 9.90. The molecule has 14 heavy (non-hydrogen) atoms. The van der Waals surface area contributed by atoms with Crippen molar-refractivity contribution < 1.29 is 15.3 Å². The first-order valence-corrected chi connectivity index (χ1v) is 4.72. The van der Waals surface area contributed by atoms with Crippen LogP contribution in [0.15, 0.2) is 11.8 Å². The molecule has 4 heteroatoms. The molecule has 0 spiro atoms. The van der Waals surface area contributed by atoms with E-state index in [0.29, 0.717) is 6.42 Å². The van der Waals surface area contributed by atoms with Gasteiger partial charge in [-0.25, -0.2) is 0 Å². The fourth-order valence-corrected chi connectivity index (χ4v) is 0.912. The van der Waals surface area contributed by atoms with Crippen LogP contribution in [0, 0.1) is 5.41 Å². The highest BCUT2D eigenvalue weighted by Crippen LogP contribution is 2.21. The zero-order chi connectivity index (χ0) is 11.4. The van der Waals surface area contributed by atoms with Crippen molar-refractivity contribution in [2.75, 3.05) is 7.05 Å². The highest BCUT2D eigenvalue weighted by Gasteiger charge is 2.25. The second-order valence-electron chi connectivity index (χ2n) is 4.61. The van der Waals surface area contributed by atoms with Crippen molar-refractivity contribution in [3.63, 3.8) is 0 Å². The zero-order valence-electron chi connectivity index (χ0n) is 9.33. The van der Waals surface area contributed by atoms with Gasteiger partial charge in [0.15, 0.2) is 5.76 Å². The van der Waals surface area contributed by atoms with Crippen LogP contribution in [0.2, 0.25) is 0 Å². The summed E-state index contributed by atoms with van der Waals surface area (Å²) in [6.07, 6.45) is 2.90. The lowest BCUT2D eigenvalue weighted by Gasteiger charge is -2.20. The summed E-state index contributed by atoms with van der Waals surface area (Å²) in [6, 6.07) is 0. The molecule has 0 aromatic heterocycles. The third-order valence-corrected chi connectivity index (χ3v) is 1.94. The molecule has 0 saturated heterocycles. The first-order chi connectivity index (χ1) is 6.19. The Bertz CT molecular complexity index is 204. The summed E-state index contributed by atoms with van der Waals surface area (Å²) in [6.45, 7) is 6.25. The van der Waals surface area contributed by atoms with Crippen molar-refractivity contribution in [3.05, 3.63) is 11.8 Å². The normalized spacial score (nSPS) is 14.6. The number of allylic oxidation sites excluding steroid dienone is 1. The van der Waals surface area contributed by atoms with Gasteiger partial charge in [0.2, 0.25) is 0 Å². The van der Waals surface area contributed by atoms with E-state index in [9.17, 15) is 5.11 Å². The molecule has 4 nitrogen and oxygen atoms in total. The Labute approximate surface area is 85.3 Å². The topological polar surface area (TPSA) is 72.7 Å². The van der Waals surface area contributed by atoms with Crippen LogP contribution in [0.5, 0.6) is 0 Å². The summed E-state index contributed by atoms with van der Waals surface area (Å²) in [5.41, 5.74) is 0.171. The standard InChI is InChI=1S/C10H21NO3/c1-9(2,3)7-5-6-8(12)10(13,14)11-4/h6,11-14H,5,7H2,1-4H3/b8-6-. The van der Waals surface area contributed by atoms with E-state index in [0.717, 1.165) is 6.42 Å². The summed E-state index contributed by atoms with van der Waals surface area (Å²) in [4.78, 5) is 0. The van der Waals surface area contributed by atoms with Crippen molar-refractivity contribution in [1.82, 2.24) is 5.32 Å². The van der Waals surface area contributed by atoms with Gasteiger partial charge in [0.1, 0.15) is 0 Å². The second kappa shape index (κ2) is 4.77. The SMILES string of the molecule is CNC(O)(O)/C(O)=C/CCC(C)(C)C. The molecule has 0 aliphatic rings. The molecule has 84 valence electrons. The maximum atomic E-state index is 9.27. The molecule has 0 unspecified atom stereocenters. The van der Waals surface area contributed by atoms with E-state index in [4.69, 9.17) is 10.2 Å². The van der Waals surface area contributed by atoms with Crippen LogP contribution >= 0.6 is 0 Å². The number of hydrogen-bond donors (Lipinski definition) is 4. The van der Waals surface area contributed by atoms with Crippen LogP contribution in [0.3, 0.4) is 0 Å². The Morgan fingerprint density at radius 2 is 1.79 bits per heavy atom. The Morgan fingerprint density at radius 3 is 2.14 bits per heavy atom. The lowest BCUT2D eigenvalue weighted by molar-refractivity contribution is -0.171. The monoisotopic (exact) mass is 203 g/mol. The van der Waals surface area contributed by atoms with Gasteiger partial charge in [-0.1, -0.05) is 20.8 Å². The molecule has 0 rings (SSSR count). The molecule has 0 saturated carbocycles. The van der Waals surface area contributed by atoms with E-state index >= 15 is 0 Å². The molecule has 0 radical (unpaired) electrons. The summed E-state index contributed by atoms with van der Waals surface area (Å²) < 4.78 is 0. The molecule has 0 amide bonds. The van der Waals surface area contributed by atoms with Crippen molar-refractivity contribution in [1.29, 1.82) is 0 Å². The van der Waals surface area contributed by atoms with Crippen LogP contribution < -0.4 is 5.32 Å². The highest BCUT2D eigenvalue weighted by atomic mass is 16.5. The Kier molecular flexibility index (Phi) is 4.58. The van der Waals surface area contributed by atoms with E-state index in [-0.39, 0.29) is 5.41 Å². The second-order valence-corrected chi connectivity index (χ2v) is 4.61. The van der Waals surface area contributed by atoms with Gasteiger partial charge in [-0.05, 0) is 31.4 Å². The lowest BCUT2D eigenvalue weighted by Crippen LogP contribution is -2.44. The van der Waals surface area contributed by atoms with Gasteiger partial charge in [-0.3, -0.25) is 5.32 Å². The molecule has 0 aromatic carbocycles. The van der Waals surface area contributed by atoms with E-state index < -0.39 is 11.7 Å². The largest absolute Gasteiger partial charge is 0.506 e. The zero-order valence-corrected chi connectivity index (χ0v) is 9.33. The molecule has 0 fully saturated rings. The summed E-state index contributed by atoms with van der Waals surface area (Å²) >= 11 is 0. The molecule has 4 N–H and O–H groups in total. The average Bonchev–Trinajstić information content (AvgIpc) is 2.02. The van der Waals surface area contributed by atoms with Crippen molar-refractivity contribution in [2.24, 2.45) is 5.41 Å². The Balaban J connectivity index is 4.14. The molecule has 0 aliphatic heterocycles. The third kappa shape index (κ3) is 5.21. The molecular formula is C10H21NO3. The Morgan fingerprint density at radius 1 is 1.29 bits per heavy atom. The predicted octanol–water partition coefficient (Wildman–Crippen LogP) is 1.11. The summed E-state index contributed by atoms with van der Waals surface area (Å²) in [5.74, 6) is -2.76. The Hall–Kier alpha value is -0.580. The quantitative estimate of drug-likeness (QED) is 0.408. The summed E-state index contributed by atoms with van der Waals surface area (Å²) in [7, 11) is 1.35. The van der Waals surface area contributed by atoms with Gasteiger partial charge in [0.25, 0.3) is 5.91 Å². The fourth-order valence-electron chi connectivity index (χ4n) is 0.912. The maximum Gasteiger partial charge on any atom is 0.283 e. The molecule has 0 aromatic rings. The highest BCUT2D eigenvalue weighted by molar-refractivity contribution is 5.00. The van der Waals surface area contributed by atoms with E-state index in [2.05, 4.69) is 26.1 Å². The van der Waals surface area contributed by atoms with Crippen LogP contribution in [0.4, 0.5) is 0 Å². The predicted molar refractivity (Wildman–Crippen MR) is 55.6 cm³/mol.